The van der Waals surface area contributed by atoms with Crippen LogP contribution in [0.3, 0.4) is 0 Å². The number of morpholine rings is 1. The topological polar surface area (TPSA) is 42.4 Å². The fourth-order valence-electron chi connectivity index (χ4n) is 3.45. The SMILES string of the molecule is O=C(c1cnc(-c2ccccc2F)s1)N1CCOC2CCCC21. The average Bonchev–Trinajstić information content (AvgIpc) is 3.23. The van der Waals surface area contributed by atoms with Gasteiger partial charge >= 0.3 is 0 Å². The van der Waals surface area contributed by atoms with Gasteiger partial charge in [0.25, 0.3) is 5.91 Å². The van der Waals surface area contributed by atoms with Crippen molar-refractivity contribution in [2.24, 2.45) is 0 Å². The molecule has 0 radical (unpaired) electrons. The van der Waals surface area contributed by atoms with E-state index in [1.807, 2.05) is 4.90 Å². The van der Waals surface area contributed by atoms with Crippen LogP contribution in [0, 0.1) is 5.82 Å². The van der Waals surface area contributed by atoms with Crippen LogP contribution in [0.25, 0.3) is 10.6 Å². The minimum atomic E-state index is -0.317. The molecule has 1 aromatic carbocycles. The van der Waals surface area contributed by atoms with Crippen molar-refractivity contribution in [3.05, 3.63) is 41.2 Å². The Bertz CT molecular complexity index is 733. The lowest BCUT2D eigenvalue weighted by molar-refractivity contribution is -0.0443. The Kier molecular flexibility index (Phi) is 3.87. The second kappa shape index (κ2) is 6.02. The average molecular weight is 332 g/mol. The van der Waals surface area contributed by atoms with E-state index in [-0.39, 0.29) is 23.9 Å². The number of ether oxygens (including phenoxy) is 1. The lowest BCUT2D eigenvalue weighted by Crippen LogP contribution is -2.51. The number of thiazole rings is 1. The van der Waals surface area contributed by atoms with Gasteiger partial charge in [-0.1, -0.05) is 12.1 Å². The van der Waals surface area contributed by atoms with Crippen LogP contribution in [0.2, 0.25) is 0 Å². The van der Waals surface area contributed by atoms with Crippen LogP contribution in [-0.2, 0) is 4.74 Å². The van der Waals surface area contributed by atoms with Gasteiger partial charge in [0.2, 0.25) is 0 Å². The van der Waals surface area contributed by atoms with E-state index in [1.54, 1.807) is 24.4 Å². The lowest BCUT2D eigenvalue weighted by atomic mass is 10.1. The first-order valence-electron chi connectivity index (χ1n) is 7.87. The standard InChI is InChI=1S/C17H17FN2O2S/c18-12-5-2-1-4-11(12)16-19-10-15(23-16)17(21)20-8-9-22-14-7-3-6-13(14)20/h1-2,4-5,10,13-14H,3,6-9H2. The molecule has 2 fully saturated rings. The van der Waals surface area contributed by atoms with E-state index >= 15 is 0 Å². The summed E-state index contributed by atoms with van der Waals surface area (Å²) in [6.07, 6.45) is 4.86. The van der Waals surface area contributed by atoms with E-state index in [0.717, 1.165) is 19.3 Å². The van der Waals surface area contributed by atoms with Gasteiger partial charge in [-0.05, 0) is 31.4 Å². The Balaban J connectivity index is 1.59. The molecule has 1 saturated carbocycles. The van der Waals surface area contributed by atoms with E-state index in [9.17, 15) is 9.18 Å². The monoisotopic (exact) mass is 332 g/mol. The molecule has 0 N–H and O–H groups in total. The molecule has 1 aromatic heterocycles. The predicted octanol–water partition coefficient (Wildman–Crippen LogP) is 3.34. The molecule has 4 rings (SSSR count). The number of carbonyl (C=O) groups excluding carboxylic acids is 1. The number of hydrogen-bond donors (Lipinski definition) is 0. The van der Waals surface area contributed by atoms with Crippen molar-refractivity contribution in [1.82, 2.24) is 9.88 Å². The minimum Gasteiger partial charge on any atom is -0.374 e. The zero-order valence-electron chi connectivity index (χ0n) is 12.6. The number of halogens is 1. The van der Waals surface area contributed by atoms with Crippen LogP contribution in [0.4, 0.5) is 4.39 Å². The third-order valence-corrected chi connectivity index (χ3v) is 5.58. The van der Waals surface area contributed by atoms with Crippen LogP contribution in [-0.4, -0.2) is 41.1 Å². The molecular formula is C17H17FN2O2S. The van der Waals surface area contributed by atoms with Crippen LogP contribution >= 0.6 is 11.3 Å². The summed E-state index contributed by atoms with van der Waals surface area (Å²) in [6, 6.07) is 6.68. The molecule has 1 amide bonds. The Hall–Kier alpha value is -1.79. The number of amides is 1. The summed E-state index contributed by atoms with van der Waals surface area (Å²) in [5.41, 5.74) is 0.442. The number of aromatic nitrogens is 1. The summed E-state index contributed by atoms with van der Waals surface area (Å²) in [6.45, 7) is 1.21. The van der Waals surface area contributed by atoms with Gasteiger partial charge in [0.15, 0.2) is 0 Å². The van der Waals surface area contributed by atoms with Gasteiger partial charge in [-0.25, -0.2) is 9.37 Å². The molecule has 2 aliphatic rings. The normalized spacial score (nSPS) is 23.8. The van der Waals surface area contributed by atoms with Crippen molar-refractivity contribution in [2.45, 2.75) is 31.4 Å². The zero-order valence-corrected chi connectivity index (χ0v) is 13.4. The summed E-state index contributed by atoms with van der Waals surface area (Å²) in [7, 11) is 0. The molecule has 2 unspecified atom stereocenters. The first-order chi connectivity index (χ1) is 11.2. The van der Waals surface area contributed by atoms with Gasteiger partial charge in [0, 0.05) is 12.1 Å². The summed E-state index contributed by atoms with van der Waals surface area (Å²) < 4.78 is 19.6. The highest BCUT2D eigenvalue weighted by molar-refractivity contribution is 7.16. The summed E-state index contributed by atoms with van der Waals surface area (Å²) >= 11 is 1.25. The van der Waals surface area contributed by atoms with Crippen molar-refractivity contribution in [1.29, 1.82) is 0 Å². The maximum atomic E-state index is 13.9. The molecule has 6 heteroatoms. The Morgan fingerprint density at radius 3 is 3.09 bits per heavy atom. The van der Waals surface area contributed by atoms with Crippen LogP contribution < -0.4 is 0 Å². The largest absolute Gasteiger partial charge is 0.374 e. The fourth-order valence-corrected chi connectivity index (χ4v) is 4.35. The summed E-state index contributed by atoms with van der Waals surface area (Å²) in [4.78, 5) is 19.5. The van der Waals surface area contributed by atoms with Crippen molar-refractivity contribution in [3.8, 4) is 10.6 Å². The van der Waals surface area contributed by atoms with Crippen LogP contribution in [0.5, 0.6) is 0 Å². The minimum absolute atomic E-state index is 0.00899. The van der Waals surface area contributed by atoms with Gasteiger partial charge in [-0.3, -0.25) is 4.79 Å². The molecule has 23 heavy (non-hydrogen) atoms. The quantitative estimate of drug-likeness (QED) is 0.847. The number of benzene rings is 1. The zero-order chi connectivity index (χ0) is 15.8. The highest BCUT2D eigenvalue weighted by Crippen LogP contribution is 2.33. The van der Waals surface area contributed by atoms with Gasteiger partial charge in [-0.2, -0.15) is 0 Å². The third kappa shape index (κ3) is 2.66. The number of carbonyl (C=O) groups is 1. The van der Waals surface area contributed by atoms with Crippen LogP contribution in [0.15, 0.2) is 30.5 Å². The number of nitrogens with zero attached hydrogens (tertiary/aromatic N) is 2. The second-order valence-electron chi connectivity index (χ2n) is 5.92. The highest BCUT2D eigenvalue weighted by Gasteiger charge is 2.39. The molecule has 1 aliphatic heterocycles. The molecule has 120 valence electrons. The van der Waals surface area contributed by atoms with Crippen molar-refractivity contribution in [2.75, 3.05) is 13.2 Å². The van der Waals surface area contributed by atoms with Crippen molar-refractivity contribution in [3.63, 3.8) is 0 Å². The second-order valence-corrected chi connectivity index (χ2v) is 6.95. The Morgan fingerprint density at radius 2 is 2.22 bits per heavy atom. The number of hydrogen-bond acceptors (Lipinski definition) is 4. The predicted molar refractivity (Wildman–Crippen MR) is 85.9 cm³/mol. The third-order valence-electron chi connectivity index (χ3n) is 4.56. The summed E-state index contributed by atoms with van der Waals surface area (Å²) in [5, 5.41) is 0.544. The maximum absolute atomic E-state index is 13.9. The van der Waals surface area contributed by atoms with Crippen LogP contribution in [0.1, 0.15) is 28.9 Å². The van der Waals surface area contributed by atoms with Gasteiger partial charge in [-0.15, -0.1) is 11.3 Å². The Morgan fingerprint density at radius 1 is 1.35 bits per heavy atom. The van der Waals surface area contributed by atoms with E-state index < -0.39 is 0 Å². The van der Waals surface area contributed by atoms with E-state index in [0.29, 0.717) is 28.6 Å². The number of fused-ring (bicyclic) bond motifs is 1. The molecule has 2 atom stereocenters. The first kappa shape index (κ1) is 14.8. The van der Waals surface area contributed by atoms with E-state index in [4.69, 9.17) is 4.74 Å². The summed E-state index contributed by atoms with van der Waals surface area (Å²) in [5.74, 6) is -0.326. The smallest absolute Gasteiger partial charge is 0.266 e. The van der Waals surface area contributed by atoms with Gasteiger partial charge in [0.05, 0.1) is 24.9 Å². The molecule has 0 bridgehead atoms. The fraction of sp³-hybridized carbons (Fsp3) is 0.412. The molecular weight excluding hydrogens is 315 g/mol. The number of rotatable bonds is 2. The maximum Gasteiger partial charge on any atom is 0.266 e. The molecule has 4 nitrogen and oxygen atoms in total. The molecule has 0 spiro atoms. The first-order valence-corrected chi connectivity index (χ1v) is 8.69. The van der Waals surface area contributed by atoms with Gasteiger partial charge in [0.1, 0.15) is 15.7 Å². The van der Waals surface area contributed by atoms with Crippen molar-refractivity contribution < 1.29 is 13.9 Å². The van der Waals surface area contributed by atoms with Crippen molar-refractivity contribution >= 4 is 17.2 Å². The molecule has 2 aromatic rings. The molecule has 1 aliphatic carbocycles. The lowest BCUT2D eigenvalue weighted by Gasteiger charge is -2.37. The Labute approximate surface area is 137 Å². The van der Waals surface area contributed by atoms with E-state index in [2.05, 4.69) is 4.98 Å². The van der Waals surface area contributed by atoms with E-state index in [1.165, 1.54) is 17.4 Å². The molecule has 2 heterocycles. The highest BCUT2D eigenvalue weighted by atomic mass is 32.1. The molecule has 1 saturated heterocycles. The van der Waals surface area contributed by atoms with Gasteiger partial charge < -0.3 is 9.64 Å².